The van der Waals surface area contributed by atoms with E-state index in [0.717, 1.165) is 25.4 Å². The number of rotatable bonds is 2. The van der Waals surface area contributed by atoms with Gasteiger partial charge in [-0.25, -0.2) is 4.68 Å². The Morgan fingerprint density at radius 1 is 1.24 bits per heavy atom. The van der Waals surface area contributed by atoms with E-state index in [1.165, 1.54) is 54.5 Å². The molecule has 94 valence electrons. The highest BCUT2D eigenvalue weighted by molar-refractivity contribution is 9.10. The van der Waals surface area contributed by atoms with Gasteiger partial charge in [0.05, 0.1) is 10.2 Å². The summed E-state index contributed by atoms with van der Waals surface area (Å²) in [6.45, 7) is 2.14. The van der Waals surface area contributed by atoms with Crippen molar-refractivity contribution < 1.29 is 0 Å². The fourth-order valence-electron chi connectivity index (χ4n) is 3.05. The number of aromatic nitrogens is 2. The zero-order valence-electron chi connectivity index (χ0n) is 10.2. The summed E-state index contributed by atoms with van der Waals surface area (Å²) in [4.78, 5) is 0. The molecule has 17 heavy (non-hydrogen) atoms. The summed E-state index contributed by atoms with van der Waals surface area (Å²) in [5, 5.41) is 8.19. The average molecular weight is 298 g/mol. The Kier molecular flexibility index (Phi) is 3.41. The minimum absolute atomic E-state index is 0.858. The van der Waals surface area contributed by atoms with Gasteiger partial charge < -0.3 is 5.32 Å². The standard InChI is InChI=1S/C13H20BrN3/c14-12-11(9-10-5-2-1-3-6-10)16-17-8-4-7-15-13(12)17/h10,15H,1-9H2. The van der Waals surface area contributed by atoms with Crippen molar-refractivity contribution in [3.63, 3.8) is 0 Å². The highest BCUT2D eigenvalue weighted by Crippen LogP contribution is 2.33. The van der Waals surface area contributed by atoms with Crippen LogP contribution in [0.2, 0.25) is 0 Å². The zero-order valence-corrected chi connectivity index (χ0v) is 11.8. The first kappa shape index (κ1) is 11.6. The molecule has 0 saturated heterocycles. The molecule has 4 heteroatoms. The van der Waals surface area contributed by atoms with Crippen molar-refractivity contribution >= 4 is 21.7 Å². The van der Waals surface area contributed by atoms with Crippen LogP contribution < -0.4 is 5.32 Å². The van der Waals surface area contributed by atoms with Gasteiger partial charge in [0.2, 0.25) is 0 Å². The molecule has 1 fully saturated rings. The molecule has 0 amide bonds. The van der Waals surface area contributed by atoms with Crippen molar-refractivity contribution in [2.24, 2.45) is 5.92 Å². The van der Waals surface area contributed by atoms with Gasteiger partial charge in [-0.05, 0) is 34.7 Å². The van der Waals surface area contributed by atoms with Crippen LogP contribution in [-0.4, -0.2) is 16.3 Å². The first-order valence-electron chi connectivity index (χ1n) is 6.83. The van der Waals surface area contributed by atoms with Crippen molar-refractivity contribution in [2.45, 2.75) is 51.5 Å². The Balaban J connectivity index is 1.76. The second-order valence-corrected chi connectivity index (χ2v) is 6.11. The summed E-state index contributed by atoms with van der Waals surface area (Å²) in [5.41, 5.74) is 1.27. The summed E-state index contributed by atoms with van der Waals surface area (Å²) in [6.07, 6.45) is 9.37. The number of hydrogen-bond donors (Lipinski definition) is 1. The van der Waals surface area contributed by atoms with Crippen LogP contribution in [0.5, 0.6) is 0 Å². The van der Waals surface area contributed by atoms with Gasteiger partial charge in [-0.1, -0.05) is 32.1 Å². The molecule has 1 aliphatic carbocycles. The number of nitrogens with one attached hydrogen (secondary N) is 1. The SMILES string of the molecule is Brc1c(CC2CCCCC2)nn2c1NCCC2. The van der Waals surface area contributed by atoms with E-state index in [1.807, 2.05) is 0 Å². The van der Waals surface area contributed by atoms with Crippen LogP contribution in [0.4, 0.5) is 5.82 Å². The highest BCUT2D eigenvalue weighted by Gasteiger charge is 2.22. The molecule has 1 saturated carbocycles. The third-order valence-corrected chi connectivity index (χ3v) is 4.84. The number of halogens is 1. The fourth-order valence-corrected chi connectivity index (χ4v) is 3.64. The predicted octanol–water partition coefficient (Wildman–Crippen LogP) is 3.58. The maximum Gasteiger partial charge on any atom is 0.138 e. The number of nitrogens with zero attached hydrogens (tertiary/aromatic N) is 2. The smallest absolute Gasteiger partial charge is 0.138 e. The van der Waals surface area contributed by atoms with Gasteiger partial charge in [0.25, 0.3) is 0 Å². The Bertz CT molecular complexity index is 394. The number of hydrogen-bond acceptors (Lipinski definition) is 2. The molecular weight excluding hydrogens is 278 g/mol. The quantitative estimate of drug-likeness (QED) is 0.904. The third-order valence-electron chi connectivity index (χ3n) is 4.01. The van der Waals surface area contributed by atoms with Gasteiger partial charge in [0.1, 0.15) is 5.82 Å². The van der Waals surface area contributed by atoms with E-state index in [9.17, 15) is 0 Å². The van der Waals surface area contributed by atoms with E-state index >= 15 is 0 Å². The summed E-state index contributed by atoms with van der Waals surface area (Å²) >= 11 is 3.72. The number of fused-ring (bicyclic) bond motifs is 1. The van der Waals surface area contributed by atoms with Crippen LogP contribution in [0.15, 0.2) is 4.47 Å². The topological polar surface area (TPSA) is 29.9 Å². The van der Waals surface area contributed by atoms with Gasteiger partial charge in [0, 0.05) is 13.1 Å². The van der Waals surface area contributed by atoms with Gasteiger partial charge in [-0.15, -0.1) is 0 Å². The maximum atomic E-state index is 4.75. The third kappa shape index (κ3) is 2.37. The molecule has 0 bridgehead atoms. The summed E-state index contributed by atoms with van der Waals surface area (Å²) in [6, 6.07) is 0. The van der Waals surface area contributed by atoms with E-state index in [0.29, 0.717) is 0 Å². The predicted molar refractivity (Wildman–Crippen MR) is 73.3 cm³/mol. The Morgan fingerprint density at radius 3 is 2.82 bits per heavy atom. The first-order chi connectivity index (χ1) is 8.34. The van der Waals surface area contributed by atoms with Crippen LogP contribution in [-0.2, 0) is 13.0 Å². The highest BCUT2D eigenvalue weighted by atomic mass is 79.9. The van der Waals surface area contributed by atoms with E-state index < -0.39 is 0 Å². The molecular formula is C13H20BrN3. The van der Waals surface area contributed by atoms with E-state index in [1.54, 1.807) is 0 Å². The molecule has 0 aromatic carbocycles. The van der Waals surface area contributed by atoms with Crippen LogP contribution in [0.25, 0.3) is 0 Å². The summed E-state index contributed by atoms with van der Waals surface area (Å²) in [5.74, 6) is 2.05. The summed E-state index contributed by atoms with van der Waals surface area (Å²) < 4.78 is 3.34. The van der Waals surface area contributed by atoms with Gasteiger partial charge >= 0.3 is 0 Å². The van der Waals surface area contributed by atoms with Crippen molar-refractivity contribution in [2.75, 3.05) is 11.9 Å². The maximum absolute atomic E-state index is 4.75. The fraction of sp³-hybridized carbons (Fsp3) is 0.769. The molecule has 3 nitrogen and oxygen atoms in total. The molecule has 1 aromatic heterocycles. The molecule has 0 radical (unpaired) electrons. The number of anilines is 1. The molecule has 0 unspecified atom stereocenters. The minimum Gasteiger partial charge on any atom is -0.369 e. The van der Waals surface area contributed by atoms with Crippen molar-refractivity contribution in [3.05, 3.63) is 10.2 Å². The average Bonchev–Trinajstić information content (AvgIpc) is 2.68. The normalized spacial score (nSPS) is 21.0. The van der Waals surface area contributed by atoms with Crippen LogP contribution in [0.3, 0.4) is 0 Å². The molecule has 0 atom stereocenters. The molecule has 3 rings (SSSR count). The van der Waals surface area contributed by atoms with Gasteiger partial charge in [-0.3, -0.25) is 0 Å². The largest absolute Gasteiger partial charge is 0.369 e. The van der Waals surface area contributed by atoms with Crippen LogP contribution in [0, 0.1) is 5.92 Å². The van der Waals surface area contributed by atoms with Crippen LogP contribution in [0.1, 0.15) is 44.2 Å². The molecule has 1 aromatic rings. The first-order valence-corrected chi connectivity index (χ1v) is 7.63. The van der Waals surface area contributed by atoms with Crippen LogP contribution >= 0.6 is 15.9 Å². The van der Waals surface area contributed by atoms with E-state index in [2.05, 4.69) is 25.9 Å². The van der Waals surface area contributed by atoms with Crippen molar-refractivity contribution in [1.29, 1.82) is 0 Å². The molecule has 1 N–H and O–H groups in total. The van der Waals surface area contributed by atoms with E-state index in [4.69, 9.17) is 5.10 Å². The lowest BCUT2D eigenvalue weighted by atomic mass is 9.86. The lowest BCUT2D eigenvalue weighted by Crippen LogP contribution is -2.17. The molecule has 1 aliphatic heterocycles. The number of aryl methyl sites for hydroxylation is 1. The molecule has 2 heterocycles. The Morgan fingerprint density at radius 2 is 2.06 bits per heavy atom. The lowest BCUT2D eigenvalue weighted by molar-refractivity contribution is 0.352. The summed E-state index contributed by atoms with van der Waals surface area (Å²) in [7, 11) is 0. The minimum atomic E-state index is 0.858. The Labute approximate surface area is 111 Å². The van der Waals surface area contributed by atoms with Gasteiger partial charge in [-0.2, -0.15) is 5.10 Å². The Hall–Kier alpha value is -0.510. The van der Waals surface area contributed by atoms with E-state index in [-0.39, 0.29) is 0 Å². The van der Waals surface area contributed by atoms with Crippen molar-refractivity contribution in [1.82, 2.24) is 9.78 Å². The lowest BCUT2D eigenvalue weighted by Gasteiger charge is -2.20. The molecule has 2 aliphatic rings. The second kappa shape index (κ2) is 5.01. The zero-order chi connectivity index (χ0) is 11.7. The van der Waals surface area contributed by atoms with Gasteiger partial charge in [0.15, 0.2) is 0 Å². The monoisotopic (exact) mass is 297 g/mol. The van der Waals surface area contributed by atoms with Crippen molar-refractivity contribution in [3.8, 4) is 0 Å². The second-order valence-electron chi connectivity index (χ2n) is 5.32. The molecule has 0 spiro atoms.